The Hall–Kier alpha value is -2.57. The third kappa shape index (κ3) is 2.54. The Kier molecular flexibility index (Phi) is 3.86. The van der Waals surface area contributed by atoms with Gasteiger partial charge in [0.05, 0.1) is 44.0 Å². The van der Waals surface area contributed by atoms with E-state index in [9.17, 15) is 4.79 Å². The van der Waals surface area contributed by atoms with Gasteiger partial charge in [-0.1, -0.05) is 29.3 Å². The summed E-state index contributed by atoms with van der Waals surface area (Å²) in [5.74, 6) is 0.559. The number of aromatic amines is 1. The zero-order valence-corrected chi connectivity index (χ0v) is 14.7. The number of nitrogens with one attached hydrogen (secondary N) is 2. The van der Waals surface area contributed by atoms with Crippen LogP contribution < -0.4 is 10.9 Å². The maximum atomic E-state index is 12.3. The minimum atomic E-state index is -0.201. The lowest BCUT2D eigenvalue weighted by molar-refractivity contribution is 0.799. The molecule has 0 saturated carbocycles. The van der Waals surface area contributed by atoms with Crippen molar-refractivity contribution >= 4 is 56.8 Å². The summed E-state index contributed by atoms with van der Waals surface area (Å²) < 4.78 is 1.91. The number of fused-ring (bicyclic) bond motifs is 3. The summed E-state index contributed by atoms with van der Waals surface area (Å²) in [4.78, 5) is 23.8. The average Bonchev–Trinajstić information content (AvgIpc) is 2.95. The molecule has 0 aliphatic heterocycles. The number of imidazole rings is 1. The van der Waals surface area contributed by atoms with Crippen LogP contribution >= 0.6 is 23.2 Å². The van der Waals surface area contributed by atoms with Gasteiger partial charge in [-0.3, -0.25) is 4.79 Å². The highest BCUT2D eigenvalue weighted by Crippen LogP contribution is 2.34. The molecule has 0 spiro atoms. The number of H-pyrrole nitrogens is 1. The molecule has 0 atom stereocenters. The van der Waals surface area contributed by atoms with E-state index in [-0.39, 0.29) is 5.56 Å². The average molecular weight is 374 g/mol. The molecule has 0 amide bonds. The van der Waals surface area contributed by atoms with Gasteiger partial charge in [0.2, 0.25) is 5.95 Å². The minimum Gasteiger partial charge on any atom is -0.323 e. The summed E-state index contributed by atoms with van der Waals surface area (Å²) in [5, 5.41) is 4.68. The van der Waals surface area contributed by atoms with Crippen molar-refractivity contribution in [3.8, 4) is 0 Å². The van der Waals surface area contributed by atoms with E-state index in [2.05, 4.69) is 20.3 Å². The fourth-order valence-electron chi connectivity index (χ4n) is 2.91. The van der Waals surface area contributed by atoms with Gasteiger partial charge in [-0.2, -0.15) is 0 Å². The van der Waals surface area contributed by atoms with Gasteiger partial charge in [0, 0.05) is 6.54 Å². The van der Waals surface area contributed by atoms with E-state index in [1.54, 1.807) is 24.3 Å². The highest BCUT2D eigenvalue weighted by Gasteiger charge is 2.17. The standard InChI is InChI=1S/C17H13Cl2N5O/c1-2-24-15-12(7-6-11-13(15)16(25)21-8-20-11)22-17(24)23-14-9(18)4-3-5-10(14)19/h3-8H,2H2,1H3,(H,22,23)(H,20,21,25). The van der Waals surface area contributed by atoms with Crippen LogP contribution in [0, 0.1) is 0 Å². The number of aryl methyl sites for hydroxylation is 1. The lowest BCUT2D eigenvalue weighted by Crippen LogP contribution is -2.09. The van der Waals surface area contributed by atoms with Crippen LogP contribution in [0.25, 0.3) is 21.9 Å². The van der Waals surface area contributed by atoms with Crippen molar-refractivity contribution in [2.24, 2.45) is 0 Å². The number of hydrogen-bond acceptors (Lipinski definition) is 4. The van der Waals surface area contributed by atoms with Gasteiger partial charge < -0.3 is 14.9 Å². The van der Waals surface area contributed by atoms with Gasteiger partial charge in [0.1, 0.15) is 0 Å². The molecule has 0 aliphatic carbocycles. The summed E-state index contributed by atoms with van der Waals surface area (Å²) in [5.41, 5.74) is 2.41. The van der Waals surface area contributed by atoms with Crippen molar-refractivity contribution in [3.63, 3.8) is 0 Å². The number of rotatable bonds is 3. The van der Waals surface area contributed by atoms with E-state index in [0.29, 0.717) is 44.6 Å². The Bertz CT molecular complexity index is 1140. The molecule has 8 heteroatoms. The highest BCUT2D eigenvalue weighted by molar-refractivity contribution is 6.39. The maximum absolute atomic E-state index is 12.3. The Labute approximate surface area is 152 Å². The first-order chi connectivity index (χ1) is 12.1. The third-order valence-electron chi connectivity index (χ3n) is 4.03. The van der Waals surface area contributed by atoms with E-state index in [0.717, 1.165) is 5.52 Å². The number of benzene rings is 2. The fraction of sp³-hybridized carbons (Fsp3) is 0.118. The smallest absolute Gasteiger partial charge is 0.260 e. The Morgan fingerprint density at radius 2 is 1.88 bits per heavy atom. The largest absolute Gasteiger partial charge is 0.323 e. The summed E-state index contributed by atoms with van der Waals surface area (Å²) >= 11 is 12.5. The van der Waals surface area contributed by atoms with Gasteiger partial charge in [0.25, 0.3) is 5.56 Å². The van der Waals surface area contributed by atoms with Crippen molar-refractivity contribution < 1.29 is 0 Å². The zero-order valence-electron chi connectivity index (χ0n) is 13.2. The van der Waals surface area contributed by atoms with Crippen molar-refractivity contribution in [2.45, 2.75) is 13.5 Å². The van der Waals surface area contributed by atoms with Gasteiger partial charge >= 0.3 is 0 Å². The topological polar surface area (TPSA) is 75.6 Å². The number of nitrogens with zero attached hydrogens (tertiary/aromatic N) is 3. The SMILES string of the molecule is CCn1c(Nc2c(Cl)cccc2Cl)nc2ccc3nc[nH]c(=O)c3c21. The molecule has 25 heavy (non-hydrogen) atoms. The Morgan fingerprint density at radius 3 is 2.60 bits per heavy atom. The molecule has 4 aromatic rings. The molecule has 4 rings (SSSR count). The first-order valence-electron chi connectivity index (χ1n) is 7.68. The van der Waals surface area contributed by atoms with Crippen LogP contribution in [0.15, 0.2) is 41.5 Å². The normalized spacial score (nSPS) is 11.3. The fourth-order valence-corrected chi connectivity index (χ4v) is 3.40. The molecule has 2 heterocycles. The number of halogens is 2. The van der Waals surface area contributed by atoms with Gasteiger partial charge in [-0.25, -0.2) is 9.97 Å². The van der Waals surface area contributed by atoms with Crippen LogP contribution in [0.5, 0.6) is 0 Å². The molecular weight excluding hydrogens is 361 g/mol. The molecule has 2 N–H and O–H groups in total. The van der Waals surface area contributed by atoms with Crippen molar-refractivity contribution in [1.82, 2.24) is 19.5 Å². The van der Waals surface area contributed by atoms with Crippen molar-refractivity contribution in [2.75, 3.05) is 5.32 Å². The quantitative estimate of drug-likeness (QED) is 0.559. The maximum Gasteiger partial charge on any atom is 0.260 e. The molecule has 126 valence electrons. The van der Waals surface area contributed by atoms with Crippen LogP contribution in [-0.2, 0) is 6.54 Å². The Balaban J connectivity index is 2.00. The predicted octanol–water partition coefficient (Wildman–Crippen LogP) is 4.34. The summed E-state index contributed by atoms with van der Waals surface area (Å²) in [6.07, 6.45) is 1.39. The second kappa shape index (κ2) is 6.06. The van der Waals surface area contributed by atoms with Crippen LogP contribution in [0.2, 0.25) is 10.0 Å². The number of aromatic nitrogens is 4. The zero-order chi connectivity index (χ0) is 17.6. The van der Waals surface area contributed by atoms with Crippen molar-refractivity contribution in [3.05, 3.63) is 57.1 Å². The monoisotopic (exact) mass is 373 g/mol. The van der Waals surface area contributed by atoms with Gasteiger partial charge in [0.15, 0.2) is 0 Å². The molecule has 6 nitrogen and oxygen atoms in total. The molecule has 2 aromatic heterocycles. The number of hydrogen-bond donors (Lipinski definition) is 2. The lowest BCUT2D eigenvalue weighted by Gasteiger charge is -2.11. The van der Waals surface area contributed by atoms with Crippen LogP contribution in [-0.4, -0.2) is 19.5 Å². The summed E-state index contributed by atoms with van der Waals surface area (Å²) in [6.45, 7) is 2.58. The molecule has 0 aliphatic rings. The van der Waals surface area contributed by atoms with Crippen LogP contribution in [0.3, 0.4) is 0 Å². The van der Waals surface area contributed by atoms with E-state index < -0.39 is 0 Å². The van der Waals surface area contributed by atoms with Crippen LogP contribution in [0.1, 0.15) is 6.92 Å². The number of para-hydroxylation sites is 1. The van der Waals surface area contributed by atoms with Gasteiger partial charge in [-0.15, -0.1) is 0 Å². The van der Waals surface area contributed by atoms with E-state index >= 15 is 0 Å². The van der Waals surface area contributed by atoms with Crippen molar-refractivity contribution in [1.29, 1.82) is 0 Å². The number of anilines is 2. The van der Waals surface area contributed by atoms with Crippen LogP contribution in [0.4, 0.5) is 11.6 Å². The molecular formula is C17H13Cl2N5O. The first kappa shape index (κ1) is 15.9. The minimum absolute atomic E-state index is 0.201. The molecule has 0 bridgehead atoms. The predicted molar refractivity (Wildman–Crippen MR) is 101 cm³/mol. The summed E-state index contributed by atoms with van der Waals surface area (Å²) in [6, 6.07) is 8.90. The molecule has 0 fully saturated rings. The molecule has 0 radical (unpaired) electrons. The first-order valence-corrected chi connectivity index (χ1v) is 8.43. The second-order valence-corrected chi connectivity index (χ2v) is 6.27. The molecule has 0 saturated heterocycles. The Morgan fingerprint density at radius 1 is 1.16 bits per heavy atom. The highest BCUT2D eigenvalue weighted by atomic mass is 35.5. The van der Waals surface area contributed by atoms with E-state index in [1.807, 2.05) is 17.6 Å². The van der Waals surface area contributed by atoms with E-state index in [4.69, 9.17) is 23.2 Å². The lowest BCUT2D eigenvalue weighted by atomic mass is 10.2. The second-order valence-electron chi connectivity index (χ2n) is 5.46. The molecule has 2 aromatic carbocycles. The molecule has 0 unspecified atom stereocenters. The third-order valence-corrected chi connectivity index (χ3v) is 4.66. The van der Waals surface area contributed by atoms with Gasteiger partial charge in [-0.05, 0) is 31.2 Å². The summed E-state index contributed by atoms with van der Waals surface area (Å²) in [7, 11) is 0. The van der Waals surface area contributed by atoms with E-state index in [1.165, 1.54) is 6.33 Å².